The lowest BCUT2D eigenvalue weighted by Gasteiger charge is -2.36. The molecular formula is C30H31N3O5S. The Balaban J connectivity index is 1.21. The SMILES string of the molecule is CN(Cc1cccc2ccccc12)C(=O)[C@@H]1CCCN(c2cccc3c2C(=O)N([C@H]2CCS(=O)(=O)C2)C3=O)C1. The number of hydrogen-bond acceptors (Lipinski definition) is 6. The predicted molar refractivity (Wildman–Crippen MR) is 149 cm³/mol. The van der Waals surface area contributed by atoms with Gasteiger partial charge in [0.2, 0.25) is 5.91 Å². The van der Waals surface area contributed by atoms with Gasteiger partial charge in [-0.05, 0) is 47.7 Å². The smallest absolute Gasteiger partial charge is 0.263 e. The van der Waals surface area contributed by atoms with Crippen molar-refractivity contribution < 1.29 is 22.8 Å². The quantitative estimate of drug-likeness (QED) is 0.456. The minimum absolute atomic E-state index is 0.0138. The number of imide groups is 1. The average Bonchev–Trinajstić information content (AvgIpc) is 3.43. The number of nitrogens with zero attached hydrogens (tertiary/aromatic N) is 3. The van der Waals surface area contributed by atoms with Crippen molar-refractivity contribution in [3.8, 4) is 0 Å². The lowest BCUT2D eigenvalue weighted by atomic mass is 9.94. The van der Waals surface area contributed by atoms with Crippen molar-refractivity contribution in [2.45, 2.75) is 31.8 Å². The zero-order chi connectivity index (χ0) is 27.3. The van der Waals surface area contributed by atoms with Crippen molar-refractivity contribution in [1.29, 1.82) is 0 Å². The molecule has 3 aliphatic heterocycles. The fourth-order valence-corrected chi connectivity index (χ4v) is 8.03. The molecule has 3 amide bonds. The van der Waals surface area contributed by atoms with Gasteiger partial charge in [0.25, 0.3) is 11.8 Å². The summed E-state index contributed by atoms with van der Waals surface area (Å²) in [6, 6.07) is 18.9. The third-order valence-corrected chi connectivity index (χ3v) is 10.0. The van der Waals surface area contributed by atoms with E-state index in [4.69, 9.17) is 0 Å². The molecule has 3 aromatic carbocycles. The molecule has 0 aliphatic carbocycles. The van der Waals surface area contributed by atoms with Crippen molar-refractivity contribution in [2.75, 3.05) is 36.5 Å². The molecular weight excluding hydrogens is 514 g/mol. The minimum atomic E-state index is -3.26. The van der Waals surface area contributed by atoms with Gasteiger partial charge in [-0.15, -0.1) is 0 Å². The lowest BCUT2D eigenvalue weighted by Crippen LogP contribution is -2.44. The van der Waals surface area contributed by atoms with Crippen molar-refractivity contribution >= 4 is 44.0 Å². The van der Waals surface area contributed by atoms with E-state index in [1.54, 1.807) is 17.0 Å². The van der Waals surface area contributed by atoms with Gasteiger partial charge in [-0.1, -0.05) is 48.5 Å². The molecule has 2 atom stereocenters. The number of benzene rings is 3. The summed E-state index contributed by atoms with van der Waals surface area (Å²) in [5.74, 6) is -1.25. The van der Waals surface area contributed by atoms with Crippen molar-refractivity contribution in [3.05, 3.63) is 77.4 Å². The molecule has 0 bridgehead atoms. The third kappa shape index (κ3) is 4.58. The maximum absolute atomic E-state index is 13.6. The van der Waals surface area contributed by atoms with Crippen LogP contribution in [0.15, 0.2) is 60.7 Å². The standard InChI is InChI=1S/C30H31N3O5S/c1-31(17-21-9-4-8-20-7-2-3-11-24(20)21)28(34)22-10-6-15-32(18-22)26-13-5-12-25-27(26)30(36)33(29(25)35)23-14-16-39(37,38)19-23/h2-5,7-9,11-13,22-23H,6,10,14-19H2,1H3/t22-,23+/m1/s1. The first-order valence-corrected chi connectivity index (χ1v) is 15.2. The summed E-state index contributed by atoms with van der Waals surface area (Å²) in [6.45, 7) is 1.63. The molecule has 0 radical (unpaired) electrons. The lowest BCUT2D eigenvalue weighted by molar-refractivity contribution is -0.135. The Morgan fingerprint density at radius 3 is 2.54 bits per heavy atom. The van der Waals surface area contributed by atoms with Crippen LogP contribution in [0.1, 0.15) is 45.5 Å². The van der Waals surface area contributed by atoms with Gasteiger partial charge in [-0.25, -0.2) is 8.42 Å². The first kappa shape index (κ1) is 25.6. The second-order valence-electron chi connectivity index (χ2n) is 10.9. The molecule has 2 fully saturated rings. The van der Waals surface area contributed by atoms with Gasteiger partial charge in [0, 0.05) is 26.7 Å². The summed E-state index contributed by atoms with van der Waals surface area (Å²) in [5.41, 5.74) is 2.37. The summed E-state index contributed by atoms with van der Waals surface area (Å²) >= 11 is 0. The maximum Gasteiger partial charge on any atom is 0.263 e. The van der Waals surface area contributed by atoms with Crippen molar-refractivity contribution in [2.24, 2.45) is 5.92 Å². The Labute approximate surface area is 228 Å². The fraction of sp³-hybridized carbons (Fsp3) is 0.367. The summed E-state index contributed by atoms with van der Waals surface area (Å²) in [4.78, 5) is 45.2. The molecule has 8 nitrogen and oxygen atoms in total. The van der Waals surface area contributed by atoms with Crippen molar-refractivity contribution in [3.63, 3.8) is 0 Å². The summed E-state index contributed by atoms with van der Waals surface area (Å²) < 4.78 is 24.1. The summed E-state index contributed by atoms with van der Waals surface area (Å²) in [7, 11) is -1.42. The van der Waals surface area contributed by atoms with E-state index in [0.717, 1.165) is 34.1 Å². The number of sulfone groups is 1. The van der Waals surface area contributed by atoms with Gasteiger partial charge < -0.3 is 9.80 Å². The molecule has 0 saturated carbocycles. The Bertz CT molecular complexity index is 1600. The van der Waals surface area contributed by atoms with Gasteiger partial charge in [-0.2, -0.15) is 0 Å². The topological polar surface area (TPSA) is 95.1 Å². The highest BCUT2D eigenvalue weighted by atomic mass is 32.2. The van der Waals surface area contributed by atoms with E-state index in [-0.39, 0.29) is 29.8 Å². The number of carbonyl (C=O) groups excluding carboxylic acids is 3. The number of carbonyl (C=O) groups is 3. The second kappa shape index (κ2) is 9.79. The molecule has 0 spiro atoms. The van der Waals surface area contributed by atoms with Gasteiger partial charge in [0.15, 0.2) is 9.84 Å². The average molecular weight is 546 g/mol. The van der Waals surface area contributed by atoms with E-state index in [2.05, 4.69) is 24.3 Å². The fourth-order valence-electron chi connectivity index (χ4n) is 6.33. The van der Waals surface area contributed by atoms with Crippen LogP contribution in [-0.2, 0) is 21.2 Å². The molecule has 9 heteroatoms. The number of fused-ring (bicyclic) bond motifs is 2. The summed E-state index contributed by atoms with van der Waals surface area (Å²) in [5, 5.41) is 2.27. The van der Waals surface area contributed by atoms with Gasteiger partial charge >= 0.3 is 0 Å². The molecule has 3 aromatic rings. The highest BCUT2D eigenvalue weighted by Crippen LogP contribution is 2.36. The Kier molecular flexibility index (Phi) is 6.41. The molecule has 0 aromatic heterocycles. The Hall–Kier alpha value is -3.72. The van der Waals surface area contributed by atoms with Crippen LogP contribution in [-0.4, -0.2) is 73.6 Å². The molecule has 2 saturated heterocycles. The molecule has 6 rings (SSSR count). The van der Waals surface area contributed by atoms with E-state index in [1.165, 1.54) is 0 Å². The van der Waals surface area contributed by atoms with E-state index >= 15 is 0 Å². The highest BCUT2D eigenvalue weighted by Gasteiger charge is 2.46. The van der Waals surface area contributed by atoms with Crippen LogP contribution >= 0.6 is 0 Å². The third-order valence-electron chi connectivity index (χ3n) is 8.27. The highest BCUT2D eigenvalue weighted by molar-refractivity contribution is 7.91. The number of amides is 3. The molecule has 202 valence electrons. The first-order valence-electron chi connectivity index (χ1n) is 13.4. The van der Waals surface area contributed by atoms with Crippen molar-refractivity contribution in [1.82, 2.24) is 9.80 Å². The normalized spacial score (nSPS) is 22.4. The zero-order valence-electron chi connectivity index (χ0n) is 21.9. The van der Waals surface area contributed by atoms with Gasteiger partial charge in [0.1, 0.15) is 0 Å². The van der Waals surface area contributed by atoms with Crippen LogP contribution < -0.4 is 4.90 Å². The van der Waals surface area contributed by atoms with Gasteiger partial charge in [-0.3, -0.25) is 19.3 Å². The van der Waals surface area contributed by atoms with Gasteiger partial charge in [0.05, 0.1) is 40.3 Å². The number of hydrogen-bond donors (Lipinski definition) is 0. The van der Waals surface area contributed by atoms with Crippen LogP contribution in [0.2, 0.25) is 0 Å². The Morgan fingerprint density at radius 2 is 1.74 bits per heavy atom. The first-order chi connectivity index (χ1) is 18.7. The molecule has 39 heavy (non-hydrogen) atoms. The Morgan fingerprint density at radius 1 is 0.974 bits per heavy atom. The van der Waals surface area contributed by atoms with E-state index in [9.17, 15) is 22.8 Å². The largest absolute Gasteiger partial charge is 0.370 e. The van der Waals surface area contributed by atoms with Crippen LogP contribution in [0.5, 0.6) is 0 Å². The number of anilines is 1. The number of piperidine rings is 1. The molecule has 3 heterocycles. The molecule has 3 aliphatic rings. The maximum atomic E-state index is 13.6. The second-order valence-corrected chi connectivity index (χ2v) is 13.1. The van der Waals surface area contributed by atoms with E-state index < -0.39 is 27.7 Å². The van der Waals surface area contributed by atoms with Crippen LogP contribution in [0, 0.1) is 5.92 Å². The zero-order valence-corrected chi connectivity index (χ0v) is 22.7. The monoisotopic (exact) mass is 545 g/mol. The molecule has 0 unspecified atom stereocenters. The van der Waals surface area contributed by atoms with Crippen LogP contribution in [0.4, 0.5) is 5.69 Å². The van der Waals surface area contributed by atoms with Crippen LogP contribution in [0.3, 0.4) is 0 Å². The molecule has 0 N–H and O–H groups in total. The number of rotatable bonds is 5. The predicted octanol–water partition coefficient (Wildman–Crippen LogP) is 3.50. The van der Waals surface area contributed by atoms with Crippen LogP contribution in [0.25, 0.3) is 10.8 Å². The van der Waals surface area contributed by atoms with E-state index in [0.29, 0.717) is 36.4 Å². The minimum Gasteiger partial charge on any atom is -0.370 e. The summed E-state index contributed by atoms with van der Waals surface area (Å²) in [6.07, 6.45) is 1.81. The van der Waals surface area contributed by atoms with E-state index in [1.807, 2.05) is 36.2 Å².